The summed E-state index contributed by atoms with van der Waals surface area (Å²) in [6.45, 7) is 0.0717. The molecule has 17 heavy (non-hydrogen) atoms. The molecule has 0 aliphatic rings. The number of aliphatic hydroxyl groups excluding tert-OH is 3. The van der Waals surface area contributed by atoms with Crippen LogP contribution >= 0.6 is 7.82 Å². The Kier molecular flexibility index (Phi) is 7.38. The Labute approximate surface area is 99.9 Å². The van der Waals surface area contributed by atoms with E-state index in [1.807, 2.05) is 0 Å². The van der Waals surface area contributed by atoms with Gasteiger partial charge in [0.15, 0.2) is 0 Å². The van der Waals surface area contributed by atoms with Crippen LogP contribution in [0.1, 0.15) is 0 Å². The fourth-order valence-electron chi connectivity index (χ4n) is 1.52. The smallest absolute Gasteiger partial charge is 0.391 e. The van der Waals surface area contributed by atoms with E-state index in [-0.39, 0.29) is 24.2 Å². The maximum atomic E-state index is 10.4. The summed E-state index contributed by atoms with van der Waals surface area (Å²) in [5.74, 6) is 0. The van der Waals surface area contributed by atoms with Crippen molar-refractivity contribution in [2.75, 3.05) is 46.5 Å². The number of hydrogen-bond acceptors (Lipinski definition) is 5. The van der Waals surface area contributed by atoms with Crippen LogP contribution in [0, 0.1) is 0 Å². The van der Waals surface area contributed by atoms with Crippen molar-refractivity contribution in [3.8, 4) is 0 Å². The molecule has 0 spiro atoms. The molecule has 5 N–H and O–H groups in total. The summed E-state index contributed by atoms with van der Waals surface area (Å²) in [7, 11) is -2.87. The normalized spacial score (nSPS) is 14.9. The number of phosphoric ester groups is 1. The van der Waals surface area contributed by atoms with E-state index in [1.54, 1.807) is 7.05 Å². The number of phosphoric acid groups is 1. The van der Waals surface area contributed by atoms with E-state index >= 15 is 0 Å². The summed E-state index contributed by atoms with van der Waals surface area (Å²) in [4.78, 5) is 16.9. The zero-order valence-corrected chi connectivity index (χ0v) is 10.7. The zero-order chi connectivity index (χ0) is 13.5. The molecule has 0 aliphatic heterocycles. The minimum absolute atomic E-state index is 0.109. The lowest BCUT2D eigenvalue weighted by atomic mass is 10.3. The highest BCUT2D eigenvalue weighted by molar-refractivity contribution is 7.46. The van der Waals surface area contributed by atoms with Gasteiger partial charge in [0, 0.05) is 0 Å². The van der Waals surface area contributed by atoms with Crippen molar-refractivity contribution < 1.29 is 38.7 Å². The van der Waals surface area contributed by atoms with E-state index in [4.69, 9.17) is 20.0 Å². The maximum absolute atomic E-state index is 10.4. The fourth-order valence-corrected chi connectivity index (χ4v) is 1.89. The first kappa shape index (κ1) is 16.9. The summed E-state index contributed by atoms with van der Waals surface area (Å²) in [6, 6.07) is 0. The van der Waals surface area contributed by atoms with E-state index in [1.165, 1.54) is 0 Å². The van der Waals surface area contributed by atoms with Gasteiger partial charge >= 0.3 is 7.82 Å². The predicted molar refractivity (Wildman–Crippen MR) is 59.0 cm³/mol. The quantitative estimate of drug-likeness (QED) is 0.240. The Morgan fingerprint density at radius 3 is 2.06 bits per heavy atom. The highest BCUT2D eigenvalue weighted by Gasteiger charge is 2.26. The number of rotatable bonds is 9. The van der Waals surface area contributed by atoms with Crippen molar-refractivity contribution in [1.82, 2.24) is 0 Å². The van der Waals surface area contributed by atoms with Gasteiger partial charge in [0.05, 0.1) is 26.9 Å². The molecule has 0 aromatic rings. The summed E-state index contributed by atoms with van der Waals surface area (Å²) in [6.07, 6.45) is -1.08. The number of aliphatic hydroxyl groups is 3. The van der Waals surface area contributed by atoms with Gasteiger partial charge in [0.25, 0.3) is 0 Å². The molecule has 1 unspecified atom stereocenters. The van der Waals surface area contributed by atoms with Crippen LogP contribution in [0.4, 0.5) is 0 Å². The minimum atomic E-state index is -4.58. The largest absolute Gasteiger partial charge is 0.469 e. The molecule has 1 atom stereocenters. The van der Waals surface area contributed by atoms with Crippen LogP contribution < -0.4 is 0 Å². The molecule has 0 fully saturated rings. The minimum Gasteiger partial charge on any atom is -0.391 e. The molecule has 0 heterocycles. The summed E-state index contributed by atoms with van der Waals surface area (Å²) >= 11 is 0. The van der Waals surface area contributed by atoms with Gasteiger partial charge in [-0.05, 0) is 0 Å². The van der Waals surface area contributed by atoms with Gasteiger partial charge in [-0.25, -0.2) is 4.57 Å². The van der Waals surface area contributed by atoms with Gasteiger partial charge in [-0.2, -0.15) is 0 Å². The molecule has 0 bridgehead atoms. The van der Waals surface area contributed by atoms with Gasteiger partial charge in [-0.3, -0.25) is 4.52 Å². The topological polar surface area (TPSA) is 127 Å². The zero-order valence-electron chi connectivity index (χ0n) is 9.77. The molecule has 0 aromatic heterocycles. The van der Waals surface area contributed by atoms with E-state index in [0.717, 1.165) is 0 Å². The molecule has 9 heteroatoms. The third kappa shape index (κ3) is 8.64. The van der Waals surface area contributed by atoms with Crippen LogP contribution in [-0.2, 0) is 9.09 Å². The van der Waals surface area contributed by atoms with E-state index in [2.05, 4.69) is 4.52 Å². The van der Waals surface area contributed by atoms with Crippen molar-refractivity contribution >= 4 is 7.82 Å². The second kappa shape index (κ2) is 7.40. The Bertz CT molecular complexity index is 250. The number of likely N-dealkylation sites (N-methyl/N-ethyl adjacent to an activating group) is 1. The third-order valence-electron chi connectivity index (χ3n) is 2.37. The molecule has 104 valence electrons. The molecule has 0 amide bonds. The van der Waals surface area contributed by atoms with Crippen LogP contribution in [-0.4, -0.2) is 82.2 Å². The van der Waals surface area contributed by atoms with Crippen molar-refractivity contribution in [3.63, 3.8) is 0 Å². The highest BCUT2D eigenvalue weighted by atomic mass is 31.2. The summed E-state index contributed by atoms with van der Waals surface area (Å²) < 4.78 is 14.8. The fraction of sp³-hybridized carbons (Fsp3) is 1.00. The second-order valence-electron chi connectivity index (χ2n) is 4.14. The van der Waals surface area contributed by atoms with Crippen LogP contribution in [0.5, 0.6) is 0 Å². The second-order valence-corrected chi connectivity index (χ2v) is 5.38. The Morgan fingerprint density at radius 1 is 1.24 bits per heavy atom. The van der Waals surface area contributed by atoms with Gasteiger partial charge < -0.3 is 29.6 Å². The first-order valence-electron chi connectivity index (χ1n) is 5.16. The van der Waals surface area contributed by atoms with Crippen molar-refractivity contribution in [2.24, 2.45) is 0 Å². The lowest BCUT2D eigenvalue weighted by molar-refractivity contribution is -0.913. The Balaban J connectivity index is 4.21. The van der Waals surface area contributed by atoms with Gasteiger partial charge in [0.1, 0.15) is 25.7 Å². The van der Waals surface area contributed by atoms with Crippen LogP contribution in [0.25, 0.3) is 0 Å². The Hall–Kier alpha value is -0.0500. The first-order valence-corrected chi connectivity index (χ1v) is 6.69. The Morgan fingerprint density at radius 2 is 1.71 bits per heavy atom. The molecular formula is C8H21NO7P+. The van der Waals surface area contributed by atoms with Crippen molar-refractivity contribution in [3.05, 3.63) is 0 Å². The van der Waals surface area contributed by atoms with Crippen LogP contribution in [0.15, 0.2) is 0 Å². The summed E-state index contributed by atoms with van der Waals surface area (Å²) in [5, 5.41) is 27.3. The van der Waals surface area contributed by atoms with Crippen molar-refractivity contribution in [2.45, 2.75) is 6.10 Å². The number of quaternary nitrogens is 1. The number of nitrogens with zero attached hydrogens (tertiary/aromatic N) is 1. The van der Waals surface area contributed by atoms with Crippen LogP contribution in [0.2, 0.25) is 0 Å². The lowest BCUT2D eigenvalue weighted by Crippen LogP contribution is -2.52. The monoisotopic (exact) mass is 274 g/mol. The standard InChI is InChI=1S/C8H20NO7P/c1-9(2-4-10,3-5-11)6-8(12)7-16-17(13,14)15/h8,10-12H,2-7H2,1H3,(H-,13,14,15)/p+1. The maximum Gasteiger partial charge on any atom is 0.469 e. The van der Waals surface area contributed by atoms with Gasteiger partial charge in [0.2, 0.25) is 0 Å². The molecule has 0 saturated carbocycles. The van der Waals surface area contributed by atoms with Gasteiger partial charge in [-0.15, -0.1) is 0 Å². The SMILES string of the molecule is C[N+](CCO)(CCO)CC(O)COP(=O)(O)O. The summed E-state index contributed by atoms with van der Waals surface area (Å²) in [5.41, 5.74) is 0. The molecule has 0 aliphatic carbocycles. The van der Waals surface area contributed by atoms with E-state index in [9.17, 15) is 9.67 Å². The lowest BCUT2D eigenvalue weighted by Gasteiger charge is -2.35. The molecule has 0 saturated heterocycles. The third-order valence-corrected chi connectivity index (χ3v) is 2.85. The highest BCUT2D eigenvalue weighted by Crippen LogP contribution is 2.35. The number of hydrogen-bond donors (Lipinski definition) is 5. The van der Waals surface area contributed by atoms with Gasteiger partial charge in [-0.1, -0.05) is 0 Å². The average molecular weight is 274 g/mol. The first-order chi connectivity index (χ1) is 7.72. The average Bonchev–Trinajstić information content (AvgIpc) is 2.14. The predicted octanol–water partition coefficient (Wildman–Crippen LogP) is -2.11. The molecule has 0 aromatic carbocycles. The van der Waals surface area contributed by atoms with Crippen molar-refractivity contribution in [1.29, 1.82) is 0 Å². The van der Waals surface area contributed by atoms with E-state index in [0.29, 0.717) is 13.1 Å². The van der Waals surface area contributed by atoms with E-state index < -0.39 is 20.5 Å². The molecule has 0 radical (unpaired) electrons. The molecular weight excluding hydrogens is 253 g/mol. The molecule has 8 nitrogen and oxygen atoms in total. The molecule has 0 rings (SSSR count). The van der Waals surface area contributed by atoms with Crippen LogP contribution in [0.3, 0.4) is 0 Å².